The van der Waals surface area contributed by atoms with Crippen LogP contribution in [-0.2, 0) is 28.1 Å². The van der Waals surface area contributed by atoms with Gasteiger partial charge in [0.05, 0.1) is 0 Å². The summed E-state index contributed by atoms with van der Waals surface area (Å²) in [5.41, 5.74) is 6.48. The molecule has 0 aliphatic rings. The Kier molecular flexibility index (Phi) is 14.4. The van der Waals surface area contributed by atoms with Gasteiger partial charge in [-0.05, 0) is 113 Å². The molecule has 51 heavy (non-hydrogen) atoms. The normalized spacial score (nSPS) is 13.7. The molecule has 0 saturated carbocycles. The number of hydrogen-bond donors (Lipinski definition) is 0. The first-order valence-electron chi connectivity index (χ1n) is 19.8. The lowest BCUT2D eigenvalue weighted by atomic mass is 9.76. The summed E-state index contributed by atoms with van der Waals surface area (Å²) in [5, 5.41) is 0. The first-order chi connectivity index (χ1) is 23.6. The maximum atomic E-state index is 7.03. The molecule has 4 heteroatoms. The van der Waals surface area contributed by atoms with Gasteiger partial charge in [0.2, 0.25) is 0 Å². The quantitative estimate of drug-likeness (QED) is 0.123. The summed E-state index contributed by atoms with van der Waals surface area (Å²) in [6.45, 7) is 37.0. The lowest BCUT2D eigenvalue weighted by Gasteiger charge is -2.32. The third-order valence-electron chi connectivity index (χ3n) is 12.6. The van der Waals surface area contributed by atoms with Crippen LogP contribution in [-0.4, -0.2) is 0 Å². The third kappa shape index (κ3) is 11.0. The van der Waals surface area contributed by atoms with E-state index in [4.69, 9.17) is 13.6 Å². The minimum absolute atomic E-state index is 0.0624. The van der Waals surface area contributed by atoms with Gasteiger partial charge < -0.3 is 13.6 Å². The van der Waals surface area contributed by atoms with Gasteiger partial charge in [-0.15, -0.1) is 0 Å². The van der Waals surface area contributed by atoms with Gasteiger partial charge in [0.15, 0.2) is 0 Å². The van der Waals surface area contributed by atoms with Gasteiger partial charge in [-0.3, -0.25) is 0 Å². The van der Waals surface area contributed by atoms with Gasteiger partial charge in [-0.25, -0.2) is 0 Å². The molecule has 0 N–H and O–H groups in total. The first kappa shape index (κ1) is 42.9. The van der Waals surface area contributed by atoms with Gasteiger partial charge in [-0.1, -0.05) is 153 Å². The third-order valence-corrected chi connectivity index (χ3v) is 13.6. The highest BCUT2D eigenvalue weighted by atomic mass is 31.2. The standard InChI is InChI=1S/C47H73O3P/c1-17-44(9,10)36-28-30-41(38(32-36)46(13,14)19-3)49-51(48-40-27-22-21-25-35(40)26-23-24-34(5)43(6,7)8)50-42-31-29-37(45(11,12)18-2)33-39(42)47(15,16)20-4/h21-22,25,27-34H,17-20,23-24,26H2,1-16H3. The van der Waals surface area contributed by atoms with E-state index in [0.717, 1.165) is 55.8 Å². The van der Waals surface area contributed by atoms with E-state index >= 15 is 0 Å². The molecule has 3 aromatic carbocycles. The molecular weight excluding hydrogens is 643 g/mol. The summed E-state index contributed by atoms with van der Waals surface area (Å²) in [5.74, 6) is 3.14. The van der Waals surface area contributed by atoms with E-state index < -0.39 is 8.60 Å². The minimum Gasteiger partial charge on any atom is -0.408 e. The summed E-state index contributed by atoms with van der Waals surface area (Å²) < 4.78 is 21.0. The largest absolute Gasteiger partial charge is 0.530 e. The van der Waals surface area contributed by atoms with Gasteiger partial charge in [0, 0.05) is 11.1 Å². The molecule has 284 valence electrons. The summed E-state index contributed by atoms with van der Waals surface area (Å²) in [6.07, 6.45) is 7.31. The molecule has 0 bridgehead atoms. The second-order valence-corrected chi connectivity index (χ2v) is 19.6. The lowest BCUT2D eigenvalue weighted by molar-refractivity contribution is 0.243. The zero-order chi connectivity index (χ0) is 38.4. The first-order valence-corrected chi connectivity index (χ1v) is 20.9. The molecule has 0 amide bonds. The van der Waals surface area contributed by atoms with Crippen molar-refractivity contribution < 1.29 is 13.6 Å². The predicted octanol–water partition coefficient (Wildman–Crippen LogP) is 15.2. The summed E-state index contributed by atoms with van der Waals surface area (Å²) in [7, 11) is -1.87. The van der Waals surface area contributed by atoms with E-state index in [-0.39, 0.29) is 21.7 Å². The summed E-state index contributed by atoms with van der Waals surface area (Å²) in [6, 6.07) is 22.0. The minimum atomic E-state index is -1.87. The van der Waals surface area contributed by atoms with E-state index in [0.29, 0.717) is 11.3 Å². The average Bonchev–Trinajstić information content (AvgIpc) is 3.08. The van der Waals surface area contributed by atoms with Crippen molar-refractivity contribution in [2.45, 2.75) is 177 Å². The van der Waals surface area contributed by atoms with Crippen LogP contribution < -0.4 is 13.6 Å². The van der Waals surface area contributed by atoms with E-state index in [1.807, 2.05) is 0 Å². The molecule has 0 fully saturated rings. The molecule has 3 rings (SSSR count). The molecule has 0 spiro atoms. The van der Waals surface area contributed by atoms with Gasteiger partial charge in [-0.2, -0.15) is 0 Å². The number of rotatable bonds is 18. The Morgan fingerprint density at radius 1 is 0.529 bits per heavy atom. The molecule has 0 heterocycles. The molecule has 0 aliphatic heterocycles. The monoisotopic (exact) mass is 717 g/mol. The van der Waals surface area contributed by atoms with E-state index in [2.05, 4.69) is 171 Å². The number of benzene rings is 3. The van der Waals surface area contributed by atoms with Crippen LogP contribution in [0.5, 0.6) is 17.2 Å². The Labute approximate surface area is 315 Å². The molecule has 3 nitrogen and oxygen atoms in total. The van der Waals surface area contributed by atoms with Crippen LogP contribution >= 0.6 is 8.60 Å². The van der Waals surface area contributed by atoms with E-state index in [1.165, 1.54) is 34.2 Å². The Hall–Kier alpha value is -2.51. The number of hydrogen-bond acceptors (Lipinski definition) is 3. The molecule has 0 aliphatic carbocycles. The second-order valence-electron chi connectivity index (χ2n) is 18.6. The highest BCUT2D eigenvalue weighted by Gasteiger charge is 2.33. The Balaban J connectivity index is 2.16. The van der Waals surface area contributed by atoms with Gasteiger partial charge >= 0.3 is 8.60 Å². The van der Waals surface area contributed by atoms with Crippen molar-refractivity contribution >= 4 is 8.60 Å². The van der Waals surface area contributed by atoms with E-state index in [9.17, 15) is 0 Å². The predicted molar refractivity (Wildman–Crippen MR) is 223 cm³/mol. The van der Waals surface area contributed by atoms with Crippen molar-refractivity contribution in [3.05, 3.63) is 88.5 Å². The van der Waals surface area contributed by atoms with Crippen molar-refractivity contribution in [2.24, 2.45) is 11.3 Å². The fourth-order valence-electron chi connectivity index (χ4n) is 6.04. The Morgan fingerprint density at radius 2 is 0.941 bits per heavy atom. The SMILES string of the molecule is CCC(C)(C)c1ccc(OP(Oc2ccccc2CCCC(C)C(C)(C)C)Oc2ccc(C(C)(C)CC)cc2C(C)(C)CC)c(C(C)(C)CC)c1. The van der Waals surface area contributed by atoms with Crippen LogP contribution in [0.25, 0.3) is 0 Å². The molecule has 1 unspecified atom stereocenters. The molecule has 0 radical (unpaired) electrons. The Bertz CT molecular complexity index is 1480. The van der Waals surface area contributed by atoms with Crippen molar-refractivity contribution in [3.63, 3.8) is 0 Å². The topological polar surface area (TPSA) is 27.7 Å². The van der Waals surface area contributed by atoms with Crippen molar-refractivity contribution in [2.75, 3.05) is 0 Å². The van der Waals surface area contributed by atoms with Crippen LogP contribution in [0.2, 0.25) is 0 Å². The van der Waals surface area contributed by atoms with Crippen LogP contribution in [0.1, 0.15) is 177 Å². The second kappa shape index (κ2) is 17.1. The molecule has 0 saturated heterocycles. The van der Waals surface area contributed by atoms with Crippen LogP contribution in [0.15, 0.2) is 60.7 Å². The van der Waals surface area contributed by atoms with Gasteiger partial charge in [0.1, 0.15) is 17.2 Å². The lowest BCUT2D eigenvalue weighted by Crippen LogP contribution is -2.22. The highest BCUT2D eigenvalue weighted by Crippen LogP contribution is 2.50. The summed E-state index contributed by atoms with van der Waals surface area (Å²) in [4.78, 5) is 0. The van der Waals surface area contributed by atoms with Gasteiger partial charge in [0.25, 0.3) is 0 Å². The van der Waals surface area contributed by atoms with Crippen molar-refractivity contribution in [1.82, 2.24) is 0 Å². The van der Waals surface area contributed by atoms with Crippen molar-refractivity contribution in [3.8, 4) is 17.2 Å². The fourth-order valence-corrected chi connectivity index (χ4v) is 7.13. The number of para-hydroxylation sites is 1. The van der Waals surface area contributed by atoms with Crippen LogP contribution in [0, 0.1) is 11.3 Å². The van der Waals surface area contributed by atoms with Crippen LogP contribution in [0.4, 0.5) is 0 Å². The maximum Gasteiger partial charge on any atom is 0.530 e. The zero-order valence-electron chi connectivity index (χ0n) is 35.5. The van der Waals surface area contributed by atoms with E-state index in [1.54, 1.807) is 0 Å². The molecule has 1 atom stereocenters. The Morgan fingerprint density at radius 3 is 1.35 bits per heavy atom. The highest BCUT2D eigenvalue weighted by molar-refractivity contribution is 7.43. The zero-order valence-corrected chi connectivity index (χ0v) is 36.4. The fraction of sp³-hybridized carbons (Fsp3) is 0.617. The smallest absolute Gasteiger partial charge is 0.408 e. The van der Waals surface area contributed by atoms with Crippen LogP contribution in [0.3, 0.4) is 0 Å². The molecular formula is C47H73O3P. The number of aryl methyl sites for hydroxylation is 1. The summed E-state index contributed by atoms with van der Waals surface area (Å²) >= 11 is 0. The molecule has 3 aromatic rings. The van der Waals surface area contributed by atoms with Crippen molar-refractivity contribution in [1.29, 1.82) is 0 Å². The average molecular weight is 717 g/mol. The maximum absolute atomic E-state index is 7.03. The molecule has 0 aromatic heterocycles.